The highest BCUT2D eigenvalue weighted by Gasteiger charge is 2.14. The second-order valence-electron chi connectivity index (χ2n) is 3.79. The highest BCUT2D eigenvalue weighted by molar-refractivity contribution is 9.10. The number of carboxylic acid groups (broad SMARTS) is 1. The summed E-state index contributed by atoms with van der Waals surface area (Å²) in [5.41, 5.74) is 0.692. The normalized spacial score (nSPS) is 11.4. The third-order valence-electron chi connectivity index (χ3n) is 2.45. The van der Waals surface area contributed by atoms with Crippen molar-refractivity contribution in [3.8, 4) is 0 Å². The van der Waals surface area contributed by atoms with Gasteiger partial charge in [0, 0.05) is 10.0 Å². The fraction of sp³-hybridized carbons (Fsp3) is 0.0667. The fourth-order valence-electron chi connectivity index (χ4n) is 1.47. The number of halogens is 1. The second kappa shape index (κ2) is 7.45. The minimum Gasteiger partial charge on any atom is -0.478 e. The van der Waals surface area contributed by atoms with E-state index in [2.05, 4.69) is 27.8 Å². The lowest BCUT2D eigenvalue weighted by Gasteiger charge is -2.09. The number of amides is 1. The monoisotopic (exact) mass is 335 g/mol. The first-order valence-corrected chi connectivity index (χ1v) is 6.58. The molecule has 1 rings (SSSR count). The summed E-state index contributed by atoms with van der Waals surface area (Å²) in [6, 6.07) is 4.64. The Morgan fingerprint density at radius 2 is 2.10 bits per heavy atom. The maximum Gasteiger partial charge on any atom is 0.337 e. The van der Waals surface area contributed by atoms with Gasteiger partial charge in [0.1, 0.15) is 0 Å². The average molecular weight is 336 g/mol. The Morgan fingerprint density at radius 3 is 2.65 bits per heavy atom. The van der Waals surface area contributed by atoms with E-state index in [4.69, 9.17) is 5.11 Å². The third-order valence-corrected chi connectivity index (χ3v) is 2.94. The highest BCUT2D eigenvalue weighted by Crippen LogP contribution is 2.21. The quantitative estimate of drug-likeness (QED) is 0.635. The summed E-state index contributed by atoms with van der Waals surface area (Å²) in [6.07, 6.45) is 6.42. The number of carbonyl (C=O) groups is 2. The number of anilines is 1. The van der Waals surface area contributed by atoms with Gasteiger partial charge in [-0.15, -0.1) is 0 Å². The van der Waals surface area contributed by atoms with Crippen molar-refractivity contribution < 1.29 is 14.7 Å². The fourth-order valence-corrected chi connectivity index (χ4v) is 1.83. The molecule has 0 heterocycles. The van der Waals surface area contributed by atoms with Crippen LogP contribution in [0.15, 0.2) is 59.1 Å². The van der Waals surface area contributed by atoms with Crippen LogP contribution in [-0.2, 0) is 4.79 Å². The molecule has 0 bridgehead atoms. The molecule has 2 N–H and O–H groups in total. The minimum absolute atomic E-state index is 0.0240. The molecule has 0 spiro atoms. The minimum atomic E-state index is -1.11. The van der Waals surface area contributed by atoms with Crippen molar-refractivity contribution in [3.63, 3.8) is 0 Å². The zero-order valence-corrected chi connectivity index (χ0v) is 12.5. The topological polar surface area (TPSA) is 66.4 Å². The van der Waals surface area contributed by atoms with Gasteiger partial charge in [-0.3, -0.25) is 4.79 Å². The molecule has 0 atom stereocenters. The molecule has 0 radical (unpaired) electrons. The van der Waals surface area contributed by atoms with Gasteiger partial charge >= 0.3 is 5.97 Å². The summed E-state index contributed by atoms with van der Waals surface area (Å²) in [5, 5.41) is 11.7. The number of carboxylic acids is 1. The van der Waals surface area contributed by atoms with Crippen molar-refractivity contribution in [3.05, 3.63) is 64.7 Å². The molecule has 0 aliphatic rings. The SMILES string of the molecule is C=C/C=C\C(=C/C)C(=O)Nc1ccc(Br)cc1C(=O)O. The van der Waals surface area contributed by atoms with Crippen molar-refractivity contribution in [2.45, 2.75) is 6.92 Å². The largest absolute Gasteiger partial charge is 0.478 e. The molecular formula is C15H14BrNO3. The van der Waals surface area contributed by atoms with Gasteiger partial charge < -0.3 is 10.4 Å². The highest BCUT2D eigenvalue weighted by atomic mass is 79.9. The van der Waals surface area contributed by atoms with Crippen molar-refractivity contribution >= 4 is 33.5 Å². The van der Waals surface area contributed by atoms with Crippen LogP contribution in [0.3, 0.4) is 0 Å². The number of allylic oxidation sites excluding steroid dienone is 3. The molecule has 0 aromatic heterocycles. The van der Waals surface area contributed by atoms with Crippen LogP contribution in [0, 0.1) is 0 Å². The summed E-state index contributed by atoms with van der Waals surface area (Å²) in [7, 11) is 0. The first-order valence-electron chi connectivity index (χ1n) is 5.79. The van der Waals surface area contributed by atoms with Crippen molar-refractivity contribution in [1.82, 2.24) is 0 Å². The zero-order valence-electron chi connectivity index (χ0n) is 10.9. The predicted octanol–water partition coefficient (Wildman–Crippen LogP) is 3.77. The van der Waals surface area contributed by atoms with Gasteiger partial charge in [0.2, 0.25) is 0 Å². The first-order chi connectivity index (χ1) is 9.49. The molecule has 20 heavy (non-hydrogen) atoms. The molecule has 1 amide bonds. The number of hydrogen-bond acceptors (Lipinski definition) is 2. The zero-order chi connectivity index (χ0) is 15.1. The van der Waals surface area contributed by atoms with E-state index in [9.17, 15) is 9.59 Å². The van der Waals surface area contributed by atoms with E-state index < -0.39 is 5.97 Å². The van der Waals surface area contributed by atoms with Crippen LogP contribution in [-0.4, -0.2) is 17.0 Å². The van der Waals surface area contributed by atoms with E-state index in [1.54, 1.807) is 37.3 Å². The molecule has 0 unspecified atom stereocenters. The Bertz CT molecular complexity index is 603. The van der Waals surface area contributed by atoms with Crippen LogP contribution >= 0.6 is 15.9 Å². The maximum absolute atomic E-state index is 12.0. The van der Waals surface area contributed by atoms with E-state index in [0.29, 0.717) is 10.0 Å². The smallest absolute Gasteiger partial charge is 0.337 e. The van der Waals surface area contributed by atoms with Crippen LogP contribution < -0.4 is 5.32 Å². The lowest BCUT2D eigenvalue weighted by Crippen LogP contribution is -2.15. The molecule has 1 aromatic carbocycles. The van der Waals surface area contributed by atoms with Gasteiger partial charge in [0.05, 0.1) is 11.3 Å². The lowest BCUT2D eigenvalue weighted by molar-refractivity contribution is -0.112. The van der Waals surface area contributed by atoms with Gasteiger partial charge in [-0.1, -0.05) is 40.7 Å². The average Bonchev–Trinajstić information content (AvgIpc) is 2.41. The first kappa shape index (κ1) is 15.9. The Morgan fingerprint density at radius 1 is 1.40 bits per heavy atom. The molecule has 0 saturated heterocycles. The van der Waals surface area contributed by atoms with Crippen molar-refractivity contribution in [1.29, 1.82) is 0 Å². The van der Waals surface area contributed by atoms with Crippen LogP contribution in [0.5, 0.6) is 0 Å². The summed E-state index contributed by atoms with van der Waals surface area (Å²) < 4.78 is 0.630. The Kier molecular flexibility index (Phi) is 5.93. The van der Waals surface area contributed by atoms with Gasteiger partial charge in [0.15, 0.2) is 0 Å². The molecule has 0 aliphatic heterocycles. The van der Waals surface area contributed by atoms with Crippen LogP contribution in [0.25, 0.3) is 0 Å². The van der Waals surface area contributed by atoms with Gasteiger partial charge in [0.25, 0.3) is 5.91 Å². The number of benzene rings is 1. The molecular weight excluding hydrogens is 322 g/mol. The van der Waals surface area contributed by atoms with E-state index >= 15 is 0 Å². The Labute approximate surface area is 125 Å². The number of aromatic carboxylic acids is 1. The van der Waals surface area contributed by atoms with Crippen molar-refractivity contribution in [2.24, 2.45) is 0 Å². The van der Waals surface area contributed by atoms with Gasteiger partial charge in [-0.25, -0.2) is 4.79 Å². The third kappa shape index (κ3) is 4.20. The van der Waals surface area contributed by atoms with E-state index in [1.807, 2.05) is 0 Å². The van der Waals surface area contributed by atoms with Crippen LogP contribution in [0.1, 0.15) is 17.3 Å². The summed E-state index contributed by atoms with van der Waals surface area (Å²) in [5.74, 6) is -1.49. The van der Waals surface area contributed by atoms with Gasteiger partial charge in [-0.05, 0) is 31.2 Å². The summed E-state index contributed by atoms with van der Waals surface area (Å²) in [6.45, 7) is 5.25. The van der Waals surface area contributed by atoms with Gasteiger partial charge in [-0.2, -0.15) is 0 Å². The molecule has 104 valence electrons. The lowest BCUT2D eigenvalue weighted by atomic mass is 10.1. The van der Waals surface area contributed by atoms with Crippen LogP contribution in [0.4, 0.5) is 5.69 Å². The number of hydrogen-bond donors (Lipinski definition) is 2. The number of carbonyl (C=O) groups excluding carboxylic acids is 1. The molecule has 0 aliphatic carbocycles. The van der Waals surface area contributed by atoms with E-state index in [-0.39, 0.29) is 17.2 Å². The number of nitrogens with one attached hydrogen (secondary N) is 1. The second-order valence-corrected chi connectivity index (χ2v) is 4.70. The molecule has 0 saturated carbocycles. The Hall–Kier alpha value is -2.14. The van der Waals surface area contributed by atoms with Crippen molar-refractivity contribution in [2.75, 3.05) is 5.32 Å². The van der Waals surface area contributed by atoms with E-state index in [1.165, 1.54) is 12.1 Å². The van der Waals surface area contributed by atoms with E-state index in [0.717, 1.165) is 0 Å². The predicted molar refractivity (Wildman–Crippen MR) is 82.8 cm³/mol. The molecule has 1 aromatic rings. The maximum atomic E-state index is 12.0. The Balaban J connectivity index is 3.04. The summed E-state index contributed by atoms with van der Waals surface area (Å²) >= 11 is 3.20. The molecule has 4 nitrogen and oxygen atoms in total. The standard InChI is InChI=1S/C15H14BrNO3/c1-3-5-6-10(4-2)14(18)17-13-8-7-11(16)9-12(13)15(19)20/h3-9H,1H2,2H3,(H,17,18)(H,19,20)/b6-5-,10-4+. The van der Waals surface area contributed by atoms with Crippen LogP contribution in [0.2, 0.25) is 0 Å². The molecule has 0 fully saturated rings. The summed E-state index contributed by atoms with van der Waals surface area (Å²) in [4.78, 5) is 23.2. The number of rotatable bonds is 5. The molecule has 5 heteroatoms.